The highest BCUT2D eigenvalue weighted by Gasteiger charge is 2.15. The monoisotopic (exact) mass is 256 g/mol. The Morgan fingerprint density at radius 2 is 1.84 bits per heavy atom. The standard InChI is InChI=1S/C15H20N4/c1-10(9-16-4)14-11(2)18-15(19-12(14)3)13-7-5-6-8-17-13/h5-8,10,16H,9H2,1-4H3. The summed E-state index contributed by atoms with van der Waals surface area (Å²) in [7, 11) is 1.96. The minimum Gasteiger partial charge on any atom is -0.319 e. The molecule has 0 amide bonds. The van der Waals surface area contributed by atoms with Crippen LogP contribution < -0.4 is 5.32 Å². The van der Waals surface area contributed by atoms with Gasteiger partial charge < -0.3 is 5.32 Å². The molecule has 2 heterocycles. The van der Waals surface area contributed by atoms with Gasteiger partial charge in [0.1, 0.15) is 5.69 Å². The van der Waals surface area contributed by atoms with Crippen LogP contribution in [0.25, 0.3) is 11.5 Å². The Hall–Kier alpha value is -1.81. The second-order valence-corrected chi connectivity index (χ2v) is 4.81. The molecule has 1 unspecified atom stereocenters. The molecule has 4 nitrogen and oxygen atoms in total. The topological polar surface area (TPSA) is 50.7 Å². The van der Waals surface area contributed by atoms with E-state index >= 15 is 0 Å². The lowest BCUT2D eigenvalue weighted by atomic mass is 9.98. The predicted molar refractivity (Wildman–Crippen MR) is 77.1 cm³/mol. The van der Waals surface area contributed by atoms with E-state index in [0.717, 1.165) is 23.6 Å². The van der Waals surface area contributed by atoms with Crippen molar-refractivity contribution in [3.8, 4) is 11.5 Å². The van der Waals surface area contributed by atoms with Gasteiger partial charge in [-0.3, -0.25) is 4.98 Å². The van der Waals surface area contributed by atoms with Crippen molar-refractivity contribution < 1.29 is 0 Å². The fraction of sp³-hybridized carbons (Fsp3) is 0.400. The van der Waals surface area contributed by atoms with E-state index in [0.29, 0.717) is 11.7 Å². The van der Waals surface area contributed by atoms with Gasteiger partial charge in [0, 0.05) is 24.1 Å². The third-order valence-electron chi connectivity index (χ3n) is 3.22. The molecular weight excluding hydrogens is 236 g/mol. The zero-order valence-electron chi connectivity index (χ0n) is 11.9. The van der Waals surface area contributed by atoms with Crippen LogP contribution in [0.4, 0.5) is 0 Å². The lowest BCUT2D eigenvalue weighted by Gasteiger charge is -2.16. The van der Waals surface area contributed by atoms with Crippen molar-refractivity contribution in [1.82, 2.24) is 20.3 Å². The Bertz CT molecular complexity index is 528. The maximum Gasteiger partial charge on any atom is 0.178 e. The highest BCUT2D eigenvalue weighted by molar-refractivity contribution is 5.50. The Morgan fingerprint density at radius 1 is 1.16 bits per heavy atom. The average Bonchev–Trinajstić information content (AvgIpc) is 2.39. The molecule has 0 bridgehead atoms. The molecule has 2 aromatic heterocycles. The third kappa shape index (κ3) is 2.96. The third-order valence-corrected chi connectivity index (χ3v) is 3.22. The zero-order valence-corrected chi connectivity index (χ0v) is 11.9. The smallest absolute Gasteiger partial charge is 0.178 e. The van der Waals surface area contributed by atoms with Crippen molar-refractivity contribution in [3.05, 3.63) is 41.3 Å². The molecular formula is C15H20N4. The second-order valence-electron chi connectivity index (χ2n) is 4.81. The maximum absolute atomic E-state index is 4.61. The van der Waals surface area contributed by atoms with Crippen molar-refractivity contribution >= 4 is 0 Å². The number of hydrogen-bond acceptors (Lipinski definition) is 4. The molecule has 1 atom stereocenters. The number of nitrogens with one attached hydrogen (secondary N) is 1. The lowest BCUT2D eigenvalue weighted by Crippen LogP contribution is -2.17. The van der Waals surface area contributed by atoms with Gasteiger partial charge in [-0.15, -0.1) is 0 Å². The summed E-state index contributed by atoms with van der Waals surface area (Å²) in [6.07, 6.45) is 1.76. The summed E-state index contributed by atoms with van der Waals surface area (Å²) >= 11 is 0. The summed E-state index contributed by atoms with van der Waals surface area (Å²) < 4.78 is 0. The molecule has 0 saturated carbocycles. The molecule has 0 fully saturated rings. The van der Waals surface area contributed by atoms with Gasteiger partial charge in [-0.05, 0) is 44.5 Å². The molecule has 0 aromatic carbocycles. The van der Waals surface area contributed by atoms with Crippen LogP contribution in [0.15, 0.2) is 24.4 Å². The van der Waals surface area contributed by atoms with Crippen LogP contribution >= 0.6 is 0 Å². The van der Waals surface area contributed by atoms with Crippen LogP contribution in [-0.2, 0) is 0 Å². The summed E-state index contributed by atoms with van der Waals surface area (Å²) in [6.45, 7) is 7.20. The van der Waals surface area contributed by atoms with E-state index in [4.69, 9.17) is 0 Å². The molecule has 100 valence electrons. The van der Waals surface area contributed by atoms with Gasteiger partial charge >= 0.3 is 0 Å². The summed E-state index contributed by atoms with van der Waals surface area (Å²) in [5.74, 6) is 1.11. The van der Waals surface area contributed by atoms with E-state index in [-0.39, 0.29) is 0 Å². The molecule has 19 heavy (non-hydrogen) atoms. The fourth-order valence-electron chi connectivity index (χ4n) is 2.46. The Kier molecular flexibility index (Phi) is 4.22. The van der Waals surface area contributed by atoms with Crippen molar-refractivity contribution in [2.24, 2.45) is 0 Å². The minimum atomic E-state index is 0.405. The Balaban J connectivity index is 2.42. The lowest BCUT2D eigenvalue weighted by molar-refractivity contribution is 0.662. The van der Waals surface area contributed by atoms with Crippen LogP contribution in [0.5, 0.6) is 0 Å². The summed E-state index contributed by atoms with van der Waals surface area (Å²) in [6, 6.07) is 5.78. The predicted octanol–water partition coefficient (Wildman–Crippen LogP) is 2.48. The van der Waals surface area contributed by atoms with E-state index in [9.17, 15) is 0 Å². The second kappa shape index (κ2) is 5.89. The van der Waals surface area contributed by atoms with Crippen LogP contribution in [0, 0.1) is 13.8 Å². The molecule has 0 aliphatic carbocycles. The number of aromatic nitrogens is 3. The van der Waals surface area contributed by atoms with Crippen LogP contribution in [-0.4, -0.2) is 28.5 Å². The van der Waals surface area contributed by atoms with Gasteiger partial charge in [0.05, 0.1) is 0 Å². The van der Waals surface area contributed by atoms with Crippen molar-refractivity contribution in [2.75, 3.05) is 13.6 Å². The highest BCUT2D eigenvalue weighted by atomic mass is 14.9. The maximum atomic E-state index is 4.61. The number of likely N-dealkylation sites (N-methyl/N-ethyl adjacent to an activating group) is 1. The van der Waals surface area contributed by atoms with Crippen molar-refractivity contribution in [3.63, 3.8) is 0 Å². The summed E-state index contributed by atoms with van der Waals surface area (Å²) in [4.78, 5) is 13.5. The number of rotatable bonds is 4. The van der Waals surface area contributed by atoms with Gasteiger partial charge in [0.2, 0.25) is 0 Å². The zero-order chi connectivity index (χ0) is 13.8. The van der Waals surface area contributed by atoms with Crippen LogP contribution in [0.2, 0.25) is 0 Å². The van der Waals surface area contributed by atoms with Gasteiger partial charge in [-0.2, -0.15) is 0 Å². The Morgan fingerprint density at radius 3 is 2.37 bits per heavy atom. The summed E-state index contributed by atoms with van der Waals surface area (Å²) in [5.41, 5.74) is 4.13. The van der Waals surface area contributed by atoms with Crippen molar-refractivity contribution in [2.45, 2.75) is 26.7 Å². The van der Waals surface area contributed by atoms with E-state index in [1.165, 1.54) is 5.56 Å². The molecule has 0 aliphatic heterocycles. The number of aryl methyl sites for hydroxylation is 2. The van der Waals surface area contributed by atoms with Crippen molar-refractivity contribution in [1.29, 1.82) is 0 Å². The minimum absolute atomic E-state index is 0.405. The molecule has 1 N–H and O–H groups in total. The fourth-order valence-corrected chi connectivity index (χ4v) is 2.46. The first-order valence-corrected chi connectivity index (χ1v) is 6.54. The number of hydrogen-bond donors (Lipinski definition) is 1. The first kappa shape index (κ1) is 13.6. The van der Waals surface area contributed by atoms with Gasteiger partial charge in [-0.25, -0.2) is 9.97 Å². The average molecular weight is 256 g/mol. The normalized spacial score (nSPS) is 12.4. The van der Waals surface area contributed by atoms with Gasteiger partial charge in [-0.1, -0.05) is 13.0 Å². The molecule has 0 radical (unpaired) electrons. The van der Waals surface area contributed by atoms with E-state index < -0.39 is 0 Å². The van der Waals surface area contributed by atoms with Crippen LogP contribution in [0.1, 0.15) is 29.8 Å². The largest absolute Gasteiger partial charge is 0.319 e. The number of nitrogens with zero attached hydrogens (tertiary/aromatic N) is 3. The first-order chi connectivity index (χ1) is 9.13. The van der Waals surface area contributed by atoms with Gasteiger partial charge in [0.25, 0.3) is 0 Å². The Labute approximate surface area is 114 Å². The number of pyridine rings is 1. The quantitative estimate of drug-likeness (QED) is 0.913. The van der Waals surface area contributed by atoms with E-state index in [2.05, 4.69) is 27.2 Å². The molecule has 0 aliphatic rings. The highest BCUT2D eigenvalue weighted by Crippen LogP contribution is 2.23. The molecule has 2 rings (SSSR count). The van der Waals surface area contributed by atoms with E-state index in [1.807, 2.05) is 39.1 Å². The molecule has 0 saturated heterocycles. The van der Waals surface area contributed by atoms with E-state index in [1.54, 1.807) is 6.20 Å². The van der Waals surface area contributed by atoms with Crippen LogP contribution in [0.3, 0.4) is 0 Å². The first-order valence-electron chi connectivity index (χ1n) is 6.54. The summed E-state index contributed by atoms with van der Waals surface area (Å²) in [5, 5.41) is 3.20. The molecule has 0 spiro atoms. The molecule has 4 heteroatoms. The van der Waals surface area contributed by atoms with Gasteiger partial charge in [0.15, 0.2) is 5.82 Å². The SMILES string of the molecule is CNCC(C)c1c(C)nc(-c2ccccn2)nc1C. The molecule has 2 aromatic rings.